The van der Waals surface area contributed by atoms with E-state index >= 15 is 0 Å². The molecule has 0 atom stereocenters. The van der Waals surface area contributed by atoms with Crippen molar-refractivity contribution in [1.82, 2.24) is 20.2 Å². The third-order valence-corrected chi connectivity index (χ3v) is 5.30. The summed E-state index contributed by atoms with van der Waals surface area (Å²) in [6.07, 6.45) is 4.44. The molecule has 0 spiro atoms. The number of aryl methyl sites for hydroxylation is 1. The molecule has 0 aliphatic rings. The van der Waals surface area contributed by atoms with Crippen LogP contribution in [0.2, 0.25) is 0 Å². The van der Waals surface area contributed by atoms with E-state index in [1.165, 1.54) is 12.4 Å². The molecule has 4 aromatic rings. The molecule has 0 fully saturated rings. The topological polar surface area (TPSA) is 83.7 Å². The van der Waals surface area contributed by atoms with Gasteiger partial charge in [-0.25, -0.2) is 9.37 Å². The van der Waals surface area contributed by atoms with Crippen LogP contribution in [0.4, 0.5) is 4.39 Å². The van der Waals surface area contributed by atoms with Gasteiger partial charge in [-0.2, -0.15) is 5.10 Å². The van der Waals surface area contributed by atoms with Crippen LogP contribution >= 0.6 is 0 Å². The highest BCUT2D eigenvalue weighted by Gasteiger charge is 2.18. The Kier molecular flexibility index (Phi) is 6.44. The van der Waals surface area contributed by atoms with Crippen molar-refractivity contribution in [3.8, 4) is 39.5 Å². The first-order valence-electron chi connectivity index (χ1n) is 10.7. The number of unbranched alkanes of at least 4 members (excludes halogenated alkanes) is 2. The average Bonchev–Trinajstić information content (AvgIpc) is 3.31. The summed E-state index contributed by atoms with van der Waals surface area (Å²) >= 11 is 0. The van der Waals surface area contributed by atoms with Crippen LogP contribution in [0.1, 0.15) is 31.7 Å². The largest absolute Gasteiger partial charge is 0.493 e. The third kappa shape index (κ3) is 4.61. The number of pyridine rings is 1. The molecule has 0 unspecified atom stereocenters. The molecule has 0 radical (unpaired) electrons. The van der Waals surface area contributed by atoms with Crippen molar-refractivity contribution >= 4 is 0 Å². The maximum atomic E-state index is 15.0. The van der Waals surface area contributed by atoms with Gasteiger partial charge in [-0.3, -0.25) is 9.89 Å². The van der Waals surface area contributed by atoms with Gasteiger partial charge in [0.1, 0.15) is 17.9 Å². The van der Waals surface area contributed by atoms with E-state index in [-0.39, 0.29) is 5.56 Å². The Morgan fingerprint density at radius 1 is 1.03 bits per heavy atom. The van der Waals surface area contributed by atoms with Crippen molar-refractivity contribution < 1.29 is 9.13 Å². The van der Waals surface area contributed by atoms with E-state index in [1.54, 1.807) is 18.2 Å². The Morgan fingerprint density at radius 2 is 1.84 bits per heavy atom. The molecule has 2 aromatic heterocycles. The molecular weight excluding hydrogens is 407 g/mol. The van der Waals surface area contributed by atoms with Crippen LogP contribution in [0.15, 0.2) is 59.7 Å². The zero-order valence-corrected chi connectivity index (χ0v) is 18.1. The van der Waals surface area contributed by atoms with Gasteiger partial charge in [0.15, 0.2) is 5.82 Å². The lowest BCUT2D eigenvalue weighted by Gasteiger charge is -2.12. The lowest BCUT2D eigenvalue weighted by molar-refractivity contribution is 0.305. The zero-order valence-electron chi connectivity index (χ0n) is 18.1. The van der Waals surface area contributed by atoms with Gasteiger partial charge in [-0.05, 0) is 37.1 Å². The fraction of sp³-hybridized carbons (Fsp3) is 0.240. The summed E-state index contributed by atoms with van der Waals surface area (Å²) < 4.78 is 20.6. The summed E-state index contributed by atoms with van der Waals surface area (Å²) in [7, 11) is 0. The first kappa shape index (κ1) is 21.5. The molecule has 32 heavy (non-hydrogen) atoms. The molecule has 0 saturated carbocycles. The summed E-state index contributed by atoms with van der Waals surface area (Å²) in [5.41, 5.74) is 3.20. The number of ether oxygens (including phenoxy) is 1. The zero-order chi connectivity index (χ0) is 22.5. The fourth-order valence-electron chi connectivity index (χ4n) is 3.57. The van der Waals surface area contributed by atoms with E-state index in [9.17, 15) is 9.18 Å². The predicted octanol–water partition coefficient (Wildman–Crippen LogP) is 5.51. The van der Waals surface area contributed by atoms with Crippen LogP contribution in [-0.2, 0) is 0 Å². The molecule has 7 heteroatoms. The van der Waals surface area contributed by atoms with E-state index < -0.39 is 5.82 Å². The second kappa shape index (κ2) is 9.60. The van der Waals surface area contributed by atoms with Crippen molar-refractivity contribution in [1.29, 1.82) is 0 Å². The van der Waals surface area contributed by atoms with E-state index in [0.717, 1.165) is 30.4 Å². The second-order valence-electron chi connectivity index (χ2n) is 7.70. The highest BCUT2D eigenvalue weighted by Crippen LogP contribution is 2.32. The molecule has 2 heterocycles. The van der Waals surface area contributed by atoms with Crippen molar-refractivity contribution in [3.05, 3.63) is 76.6 Å². The van der Waals surface area contributed by atoms with Crippen LogP contribution in [0.25, 0.3) is 33.8 Å². The van der Waals surface area contributed by atoms with Crippen molar-refractivity contribution in [2.45, 2.75) is 33.1 Å². The van der Waals surface area contributed by atoms with Gasteiger partial charge in [-0.1, -0.05) is 49.6 Å². The van der Waals surface area contributed by atoms with Crippen molar-refractivity contribution in [2.75, 3.05) is 6.61 Å². The molecular formula is C25H25FN4O2. The molecule has 0 amide bonds. The molecule has 2 aromatic carbocycles. The average molecular weight is 432 g/mol. The monoisotopic (exact) mass is 432 g/mol. The van der Waals surface area contributed by atoms with Crippen molar-refractivity contribution in [2.24, 2.45) is 0 Å². The van der Waals surface area contributed by atoms with Crippen LogP contribution in [0.3, 0.4) is 0 Å². The fourth-order valence-corrected chi connectivity index (χ4v) is 3.57. The maximum absolute atomic E-state index is 15.0. The highest BCUT2D eigenvalue weighted by molar-refractivity contribution is 5.83. The third-order valence-electron chi connectivity index (χ3n) is 5.30. The maximum Gasteiger partial charge on any atom is 0.260 e. The van der Waals surface area contributed by atoms with Gasteiger partial charge in [0.2, 0.25) is 0 Å². The summed E-state index contributed by atoms with van der Waals surface area (Å²) in [6.45, 7) is 4.66. The first-order chi connectivity index (χ1) is 15.6. The number of halogens is 1. The standard InChI is InChI=1S/C25H25FN4O2/c1-3-4-5-12-32-18-10-11-19(21(26)13-18)22-14-20(17-8-6-16(2)7-9-17)23(25(31)29-22)24-27-15-28-30-24/h6-11,13-15H,3-5,12H2,1-2H3,(H,29,31)(H,27,28,30). The second-order valence-corrected chi connectivity index (χ2v) is 7.70. The van der Waals surface area contributed by atoms with Gasteiger partial charge in [0.05, 0.1) is 17.9 Å². The number of rotatable bonds is 8. The lowest BCUT2D eigenvalue weighted by Crippen LogP contribution is -2.13. The minimum atomic E-state index is -0.462. The Balaban J connectivity index is 1.76. The molecule has 164 valence electrons. The van der Waals surface area contributed by atoms with Crippen LogP contribution < -0.4 is 10.3 Å². The van der Waals surface area contributed by atoms with Crippen LogP contribution in [0.5, 0.6) is 5.75 Å². The van der Waals surface area contributed by atoms with Crippen LogP contribution in [0, 0.1) is 12.7 Å². The highest BCUT2D eigenvalue weighted by atomic mass is 19.1. The molecule has 0 bridgehead atoms. The quantitative estimate of drug-likeness (QED) is 0.360. The SMILES string of the molecule is CCCCCOc1ccc(-c2cc(-c3ccc(C)cc3)c(-c3ncn[nH]3)c(=O)[nH]2)c(F)c1. The van der Waals surface area contributed by atoms with Gasteiger partial charge in [0.25, 0.3) is 5.56 Å². The summed E-state index contributed by atoms with van der Waals surface area (Å²) in [5.74, 6) is 0.363. The number of aromatic amines is 2. The van der Waals surface area contributed by atoms with E-state index in [0.29, 0.717) is 40.6 Å². The smallest absolute Gasteiger partial charge is 0.260 e. The number of hydrogen-bond acceptors (Lipinski definition) is 4. The molecule has 0 aliphatic carbocycles. The lowest BCUT2D eigenvalue weighted by atomic mass is 9.97. The van der Waals surface area contributed by atoms with Gasteiger partial charge >= 0.3 is 0 Å². The van der Waals surface area contributed by atoms with Crippen LogP contribution in [-0.4, -0.2) is 26.8 Å². The molecule has 6 nitrogen and oxygen atoms in total. The van der Waals surface area contributed by atoms with Gasteiger partial charge in [-0.15, -0.1) is 0 Å². The van der Waals surface area contributed by atoms with E-state index in [4.69, 9.17) is 4.74 Å². The Hall–Kier alpha value is -3.74. The Labute approximate surface area is 185 Å². The summed E-state index contributed by atoms with van der Waals surface area (Å²) in [4.78, 5) is 20.0. The van der Waals surface area contributed by atoms with Crippen molar-refractivity contribution in [3.63, 3.8) is 0 Å². The molecule has 4 rings (SSSR count). The van der Waals surface area contributed by atoms with E-state index in [2.05, 4.69) is 27.1 Å². The number of nitrogens with zero attached hydrogens (tertiary/aromatic N) is 2. The molecule has 0 aliphatic heterocycles. The Morgan fingerprint density at radius 3 is 2.53 bits per heavy atom. The summed E-state index contributed by atoms with van der Waals surface area (Å²) in [5, 5.41) is 6.62. The molecule has 0 saturated heterocycles. The minimum Gasteiger partial charge on any atom is -0.493 e. The van der Waals surface area contributed by atoms with Gasteiger partial charge in [0, 0.05) is 17.2 Å². The normalized spacial score (nSPS) is 11.0. The number of aromatic nitrogens is 4. The number of nitrogens with one attached hydrogen (secondary N) is 2. The number of hydrogen-bond donors (Lipinski definition) is 2. The molecule has 2 N–H and O–H groups in total. The number of benzene rings is 2. The first-order valence-corrected chi connectivity index (χ1v) is 10.7. The van der Waals surface area contributed by atoms with E-state index in [1.807, 2.05) is 31.2 Å². The predicted molar refractivity (Wildman–Crippen MR) is 123 cm³/mol. The minimum absolute atomic E-state index is 0.292. The number of H-pyrrole nitrogens is 2. The van der Waals surface area contributed by atoms with Gasteiger partial charge < -0.3 is 9.72 Å². The Bertz CT molecular complexity index is 1250. The summed E-state index contributed by atoms with van der Waals surface area (Å²) in [6, 6.07) is 14.3.